The highest BCUT2D eigenvalue weighted by molar-refractivity contribution is 5.72. The Bertz CT molecular complexity index is 1070. The summed E-state index contributed by atoms with van der Waals surface area (Å²) in [5.74, 6) is 3.02. The number of anilines is 3. The molecule has 4 rings (SSSR count). The van der Waals surface area contributed by atoms with Crippen LogP contribution in [-0.4, -0.2) is 38.2 Å². The Kier molecular flexibility index (Phi) is 5.82. The molecule has 0 unspecified atom stereocenters. The number of nitrogens with zero attached hydrogens (tertiary/aromatic N) is 5. The molecule has 0 amide bonds. The average molecular weight is 410 g/mol. The molecule has 10 heteroatoms. The number of halogens is 1. The number of rotatable bonds is 9. The number of H-pyrrole nitrogens is 1. The van der Waals surface area contributed by atoms with Gasteiger partial charge >= 0.3 is 0 Å². The summed E-state index contributed by atoms with van der Waals surface area (Å²) in [5.41, 5.74) is 3.05. The van der Waals surface area contributed by atoms with E-state index in [1.165, 1.54) is 19.1 Å². The second-order valence-corrected chi connectivity index (χ2v) is 7.00. The molecule has 156 valence electrons. The third-order valence-electron chi connectivity index (χ3n) is 4.54. The van der Waals surface area contributed by atoms with Crippen LogP contribution in [0.4, 0.5) is 22.0 Å². The number of hydrogen-bond donors (Lipinski definition) is 3. The molecule has 3 aromatic rings. The second-order valence-electron chi connectivity index (χ2n) is 7.00. The van der Waals surface area contributed by atoms with Crippen molar-refractivity contribution >= 4 is 29.5 Å². The average Bonchev–Trinajstić information content (AvgIpc) is 3.30. The van der Waals surface area contributed by atoms with Crippen molar-refractivity contribution in [1.29, 1.82) is 0 Å². The number of aromatic nitrogens is 5. The van der Waals surface area contributed by atoms with Gasteiger partial charge < -0.3 is 15.2 Å². The summed E-state index contributed by atoms with van der Waals surface area (Å²) in [6.07, 6.45) is 5.35. The summed E-state index contributed by atoms with van der Waals surface area (Å²) in [7, 11) is 0. The smallest absolute Gasteiger partial charge is 0.225 e. The summed E-state index contributed by atoms with van der Waals surface area (Å²) in [4.78, 5) is 12.9. The number of aromatic amines is 1. The molecule has 1 aliphatic carbocycles. The molecule has 3 N–H and O–H groups in total. The molecule has 0 bridgehead atoms. The maximum absolute atomic E-state index is 12.3. The Balaban J connectivity index is 1.40. The number of nitrogens with one attached hydrogen (secondary N) is 3. The van der Waals surface area contributed by atoms with E-state index in [9.17, 15) is 4.39 Å². The fourth-order valence-corrected chi connectivity index (χ4v) is 2.95. The predicted octanol–water partition coefficient (Wildman–Crippen LogP) is 4.13. The number of alkyl halides is 1. The molecular weight excluding hydrogens is 387 g/mol. The SMILES string of the molecule is C/C=C(\N=CCF)c1cc(CNc2nc(C)cc(Nc3cc(C4CC4)[nH]n3)n2)on1. The number of aliphatic imine (C=N–C) groups is 1. The van der Waals surface area contributed by atoms with Gasteiger partial charge in [-0.15, -0.1) is 0 Å². The van der Waals surface area contributed by atoms with E-state index in [0.717, 1.165) is 17.2 Å². The van der Waals surface area contributed by atoms with Crippen molar-refractivity contribution in [1.82, 2.24) is 25.3 Å². The van der Waals surface area contributed by atoms with Gasteiger partial charge in [0.05, 0.1) is 12.2 Å². The first-order valence-electron chi connectivity index (χ1n) is 9.77. The largest absolute Gasteiger partial charge is 0.359 e. The van der Waals surface area contributed by atoms with Crippen molar-refractivity contribution in [2.75, 3.05) is 17.3 Å². The fourth-order valence-electron chi connectivity index (χ4n) is 2.95. The third kappa shape index (κ3) is 4.88. The van der Waals surface area contributed by atoms with E-state index in [-0.39, 0.29) is 0 Å². The van der Waals surface area contributed by atoms with Crippen LogP contribution in [0.25, 0.3) is 5.70 Å². The van der Waals surface area contributed by atoms with Gasteiger partial charge in [-0.2, -0.15) is 10.1 Å². The molecule has 0 radical (unpaired) electrons. The Hall–Kier alpha value is -3.56. The van der Waals surface area contributed by atoms with Gasteiger partial charge in [-0.25, -0.2) is 9.37 Å². The third-order valence-corrected chi connectivity index (χ3v) is 4.54. The van der Waals surface area contributed by atoms with E-state index in [2.05, 4.69) is 40.9 Å². The van der Waals surface area contributed by atoms with Crippen LogP contribution >= 0.6 is 0 Å². The molecule has 3 heterocycles. The normalized spacial score (nSPS) is 14.4. The van der Waals surface area contributed by atoms with Gasteiger partial charge in [-0.3, -0.25) is 10.1 Å². The monoisotopic (exact) mass is 410 g/mol. The summed E-state index contributed by atoms with van der Waals surface area (Å²) in [6.45, 7) is 3.41. The van der Waals surface area contributed by atoms with Crippen molar-refractivity contribution in [3.8, 4) is 0 Å². The van der Waals surface area contributed by atoms with Crippen LogP contribution in [0.2, 0.25) is 0 Å². The van der Waals surface area contributed by atoms with Crippen molar-refractivity contribution in [3.63, 3.8) is 0 Å². The first-order valence-corrected chi connectivity index (χ1v) is 9.77. The quantitative estimate of drug-likeness (QED) is 0.454. The van der Waals surface area contributed by atoms with Gasteiger partial charge in [-0.05, 0) is 26.7 Å². The highest BCUT2D eigenvalue weighted by Gasteiger charge is 2.25. The minimum Gasteiger partial charge on any atom is -0.359 e. The van der Waals surface area contributed by atoms with E-state index < -0.39 is 6.67 Å². The lowest BCUT2D eigenvalue weighted by atomic mass is 10.3. The predicted molar refractivity (Wildman–Crippen MR) is 113 cm³/mol. The molecule has 0 aromatic carbocycles. The van der Waals surface area contributed by atoms with Crippen molar-refractivity contribution < 1.29 is 8.91 Å². The van der Waals surface area contributed by atoms with Crippen LogP contribution in [0.1, 0.15) is 48.5 Å². The molecule has 30 heavy (non-hydrogen) atoms. The van der Waals surface area contributed by atoms with Crippen LogP contribution in [-0.2, 0) is 6.54 Å². The zero-order valence-electron chi connectivity index (χ0n) is 16.8. The Labute approximate surface area is 172 Å². The molecular formula is C20H23FN8O. The minimum atomic E-state index is -0.634. The first-order chi connectivity index (χ1) is 14.6. The molecule has 0 aliphatic heterocycles. The zero-order chi connectivity index (χ0) is 20.9. The van der Waals surface area contributed by atoms with Crippen LogP contribution < -0.4 is 10.6 Å². The number of allylic oxidation sites excluding steroid dienone is 1. The van der Waals surface area contributed by atoms with E-state index in [4.69, 9.17) is 4.52 Å². The summed E-state index contributed by atoms with van der Waals surface area (Å²) < 4.78 is 17.6. The molecule has 1 aliphatic rings. The zero-order valence-corrected chi connectivity index (χ0v) is 16.8. The molecule has 3 aromatic heterocycles. The van der Waals surface area contributed by atoms with Crippen molar-refractivity contribution in [2.24, 2.45) is 4.99 Å². The summed E-state index contributed by atoms with van der Waals surface area (Å²) >= 11 is 0. The van der Waals surface area contributed by atoms with Crippen molar-refractivity contribution in [3.05, 3.63) is 47.1 Å². The van der Waals surface area contributed by atoms with Crippen LogP contribution in [0.5, 0.6) is 0 Å². The standard InChI is InChI=1S/C20H23FN8O/c1-3-15(22-7-6-21)17-9-14(30-29-17)11-23-20-24-12(2)8-18(26-20)25-19-10-16(27-28-19)13-4-5-13/h3,7-10,13H,4-6,11H2,1-2H3,(H3,23,24,25,26,27,28)/b15-3-,22-7?. The molecule has 1 fully saturated rings. The highest BCUT2D eigenvalue weighted by Crippen LogP contribution is 2.39. The van der Waals surface area contributed by atoms with Gasteiger partial charge in [0.15, 0.2) is 11.6 Å². The van der Waals surface area contributed by atoms with E-state index in [1.54, 1.807) is 19.1 Å². The van der Waals surface area contributed by atoms with E-state index in [1.807, 2.05) is 19.1 Å². The van der Waals surface area contributed by atoms with Crippen LogP contribution in [0, 0.1) is 6.92 Å². The van der Waals surface area contributed by atoms with Gasteiger partial charge in [0.25, 0.3) is 0 Å². The van der Waals surface area contributed by atoms with Crippen molar-refractivity contribution in [2.45, 2.75) is 39.2 Å². The lowest BCUT2D eigenvalue weighted by molar-refractivity contribution is 0.386. The lowest BCUT2D eigenvalue weighted by Gasteiger charge is -2.07. The van der Waals surface area contributed by atoms with Crippen LogP contribution in [0.3, 0.4) is 0 Å². The molecule has 0 spiro atoms. The number of hydrogen-bond acceptors (Lipinski definition) is 8. The molecule has 1 saturated carbocycles. The second kappa shape index (κ2) is 8.85. The maximum atomic E-state index is 12.3. The van der Waals surface area contributed by atoms with Gasteiger partial charge in [0.2, 0.25) is 5.95 Å². The number of aryl methyl sites for hydroxylation is 1. The van der Waals surface area contributed by atoms with Gasteiger partial charge in [0, 0.05) is 41.7 Å². The Morgan fingerprint density at radius 1 is 1.30 bits per heavy atom. The molecule has 9 nitrogen and oxygen atoms in total. The van der Waals surface area contributed by atoms with Crippen LogP contribution in [0.15, 0.2) is 33.8 Å². The topological polar surface area (TPSA) is 117 Å². The van der Waals surface area contributed by atoms with E-state index >= 15 is 0 Å². The minimum absolute atomic E-state index is 0.341. The molecule has 0 atom stereocenters. The van der Waals surface area contributed by atoms with Gasteiger partial charge in [-0.1, -0.05) is 11.2 Å². The Morgan fingerprint density at radius 3 is 2.93 bits per heavy atom. The Morgan fingerprint density at radius 2 is 2.17 bits per heavy atom. The lowest BCUT2D eigenvalue weighted by Crippen LogP contribution is -2.06. The highest BCUT2D eigenvalue weighted by atomic mass is 19.1. The summed E-state index contributed by atoms with van der Waals surface area (Å²) in [5, 5.41) is 17.7. The first kappa shape index (κ1) is 19.7. The molecule has 0 saturated heterocycles. The van der Waals surface area contributed by atoms with Gasteiger partial charge in [0.1, 0.15) is 18.2 Å². The van der Waals surface area contributed by atoms with E-state index in [0.29, 0.717) is 41.4 Å². The summed E-state index contributed by atoms with van der Waals surface area (Å²) in [6, 6.07) is 5.61. The maximum Gasteiger partial charge on any atom is 0.225 e. The fraction of sp³-hybridized carbons (Fsp3) is 0.350.